The third-order valence-corrected chi connectivity index (χ3v) is 7.92. The molecule has 2 aromatic rings. The molecule has 174 valence electrons. The summed E-state index contributed by atoms with van der Waals surface area (Å²) in [7, 11) is 0. The van der Waals surface area contributed by atoms with Crippen LogP contribution in [0, 0.1) is 13.8 Å². The second kappa shape index (κ2) is 8.51. The lowest BCUT2D eigenvalue weighted by atomic mass is 9.64. The van der Waals surface area contributed by atoms with E-state index in [0.717, 1.165) is 60.8 Å². The number of hydrogen-bond donors (Lipinski definition) is 2. The fourth-order valence-electron chi connectivity index (χ4n) is 6.10. The number of hydrogen-bond acceptors (Lipinski definition) is 3. The van der Waals surface area contributed by atoms with Crippen molar-refractivity contribution in [3.63, 3.8) is 0 Å². The lowest BCUT2D eigenvalue weighted by Gasteiger charge is -2.50. The van der Waals surface area contributed by atoms with Crippen molar-refractivity contribution in [1.82, 2.24) is 10.2 Å². The summed E-state index contributed by atoms with van der Waals surface area (Å²) < 4.78 is 0. The molecule has 3 aliphatic rings. The average Bonchev–Trinajstić information content (AvgIpc) is 3.53. The van der Waals surface area contributed by atoms with E-state index >= 15 is 0 Å². The smallest absolute Gasteiger partial charge is 0.233 e. The number of amides is 2. The zero-order valence-corrected chi connectivity index (χ0v) is 19.6. The van der Waals surface area contributed by atoms with Gasteiger partial charge in [-0.05, 0) is 68.2 Å². The number of piperidine rings is 1. The van der Waals surface area contributed by atoms with E-state index in [-0.39, 0.29) is 29.6 Å². The van der Waals surface area contributed by atoms with Crippen LogP contribution in [-0.4, -0.2) is 33.9 Å². The third-order valence-electron chi connectivity index (χ3n) is 7.92. The van der Waals surface area contributed by atoms with Gasteiger partial charge in [0.1, 0.15) is 5.75 Å². The zero-order chi connectivity index (χ0) is 23.2. The van der Waals surface area contributed by atoms with Gasteiger partial charge in [-0.3, -0.25) is 9.59 Å². The first kappa shape index (κ1) is 22.0. The van der Waals surface area contributed by atoms with E-state index in [9.17, 15) is 14.7 Å². The van der Waals surface area contributed by atoms with E-state index < -0.39 is 11.5 Å². The Morgan fingerprint density at radius 3 is 2.27 bits per heavy atom. The molecule has 1 aliphatic heterocycles. The Bertz CT molecular complexity index is 1030. The monoisotopic (exact) mass is 446 g/mol. The number of nitrogens with zero attached hydrogens (tertiary/aromatic N) is 1. The molecule has 0 bridgehead atoms. The molecule has 0 radical (unpaired) electrons. The predicted octanol–water partition coefficient (Wildman–Crippen LogP) is 4.83. The highest BCUT2D eigenvalue weighted by atomic mass is 16.3. The van der Waals surface area contributed by atoms with Crippen LogP contribution in [0.1, 0.15) is 79.7 Å². The van der Waals surface area contributed by atoms with Crippen LogP contribution in [0.5, 0.6) is 5.75 Å². The van der Waals surface area contributed by atoms with E-state index in [0.29, 0.717) is 12.8 Å². The van der Waals surface area contributed by atoms with Gasteiger partial charge in [-0.15, -0.1) is 0 Å². The zero-order valence-electron chi connectivity index (χ0n) is 19.6. The van der Waals surface area contributed by atoms with Gasteiger partial charge in [0.2, 0.25) is 11.8 Å². The quantitative estimate of drug-likeness (QED) is 0.691. The van der Waals surface area contributed by atoms with Gasteiger partial charge < -0.3 is 15.3 Å². The summed E-state index contributed by atoms with van der Waals surface area (Å²) in [6, 6.07) is 14.0. The molecule has 33 heavy (non-hydrogen) atoms. The summed E-state index contributed by atoms with van der Waals surface area (Å²) in [6.45, 7) is 3.78. The highest BCUT2D eigenvalue weighted by molar-refractivity contribution is 5.93. The number of rotatable bonds is 5. The number of phenols is 1. The number of carbonyl (C=O) groups excluding carboxylic acids is 2. The summed E-state index contributed by atoms with van der Waals surface area (Å²) in [4.78, 5) is 29.6. The molecule has 1 saturated heterocycles. The van der Waals surface area contributed by atoms with Gasteiger partial charge in [-0.1, -0.05) is 55.3 Å². The minimum absolute atomic E-state index is 0.0344. The van der Waals surface area contributed by atoms with Crippen LogP contribution in [0.4, 0.5) is 0 Å². The van der Waals surface area contributed by atoms with Gasteiger partial charge in [0.15, 0.2) is 0 Å². The molecule has 1 heterocycles. The fraction of sp³-hybridized carbons (Fsp3) is 0.500. The van der Waals surface area contributed by atoms with Crippen LogP contribution in [0.25, 0.3) is 0 Å². The molecular weight excluding hydrogens is 412 g/mol. The Balaban J connectivity index is 1.70. The van der Waals surface area contributed by atoms with Gasteiger partial charge in [0.05, 0.1) is 11.5 Å². The Labute approximate surface area is 196 Å². The molecule has 2 amide bonds. The maximum atomic E-state index is 14.3. The van der Waals surface area contributed by atoms with Crippen LogP contribution >= 0.6 is 0 Å². The largest absolute Gasteiger partial charge is 0.507 e. The number of benzene rings is 2. The van der Waals surface area contributed by atoms with E-state index in [4.69, 9.17) is 0 Å². The normalized spacial score (nSPS) is 25.9. The number of aryl methyl sites for hydroxylation is 2. The Morgan fingerprint density at radius 1 is 1.03 bits per heavy atom. The predicted molar refractivity (Wildman–Crippen MR) is 128 cm³/mol. The Hall–Kier alpha value is -2.82. The minimum Gasteiger partial charge on any atom is -0.507 e. The van der Waals surface area contributed by atoms with E-state index in [1.165, 1.54) is 0 Å². The molecule has 2 atom stereocenters. The number of nitrogens with one attached hydrogen (secondary N) is 1. The molecule has 2 saturated carbocycles. The van der Waals surface area contributed by atoms with Crippen molar-refractivity contribution in [3.05, 3.63) is 64.7 Å². The molecule has 3 fully saturated rings. The van der Waals surface area contributed by atoms with E-state index in [2.05, 4.69) is 5.32 Å². The highest BCUT2D eigenvalue weighted by Crippen LogP contribution is 2.52. The van der Waals surface area contributed by atoms with E-state index in [1.54, 1.807) is 0 Å². The maximum Gasteiger partial charge on any atom is 0.233 e. The molecule has 0 spiro atoms. The summed E-state index contributed by atoms with van der Waals surface area (Å²) >= 11 is 0. The molecule has 5 rings (SSSR count). The summed E-state index contributed by atoms with van der Waals surface area (Å²) in [6.07, 6.45) is 7.15. The van der Waals surface area contributed by atoms with Crippen LogP contribution < -0.4 is 5.32 Å². The van der Waals surface area contributed by atoms with Crippen LogP contribution in [0.2, 0.25) is 0 Å². The number of phenolic OH excluding ortho intramolecular Hbond substituents is 1. The minimum atomic E-state index is -0.865. The van der Waals surface area contributed by atoms with Crippen LogP contribution in [0.15, 0.2) is 42.5 Å². The summed E-state index contributed by atoms with van der Waals surface area (Å²) in [5.74, 6) is 0.442. The van der Waals surface area contributed by atoms with Crippen molar-refractivity contribution in [3.8, 4) is 5.75 Å². The van der Waals surface area contributed by atoms with Crippen molar-refractivity contribution in [2.75, 3.05) is 0 Å². The molecule has 2 N–H and O–H groups in total. The number of aromatic hydroxyl groups is 1. The van der Waals surface area contributed by atoms with Crippen molar-refractivity contribution in [2.24, 2.45) is 0 Å². The number of carbonyl (C=O) groups is 2. The number of likely N-dealkylation sites (tertiary alicyclic amines) is 1. The molecule has 2 aromatic carbocycles. The van der Waals surface area contributed by atoms with E-state index in [1.807, 2.05) is 61.2 Å². The van der Waals surface area contributed by atoms with Crippen LogP contribution in [0.3, 0.4) is 0 Å². The fourth-order valence-corrected chi connectivity index (χ4v) is 6.10. The van der Waals surface area contributed by atoms with Crippen molar-refractivity contribution < 1.29 is 14.7 Å². The van der Waals surface area contributed by atoms with Crippen LogP contribution in [-0.2, 0) is 15.0 Å². The average molecular weight is 447 g/mol. The second-order valence-corrected chi connectivity index (χ2v) is 10.2. The molecule has 2 unspecified atom stereocenters. The Kier molecular flexibility index (Phi) is 5.67. The van der Waals surface area contributed by atoms with Gasteiger partial charge in [0.25, 0.3) is 0 Å². The van der Waals surface area contributed by atoms with Gasteiger partial charge >= 0.3 is 0 Å². The van der Waals surface area contributed by atoms with Crippen molar-refractivity contribution in [1.29, 1.82) is 0 Å². The van der Waals surface area contributed by atoms with Crippen molar-refractivity contribution >= 4 is 11.8 Å². The first-order chi connectivity index (χ1) is 15.9. The molecule has 2 aliphatic carbocycles. The standard InChI is InChI=1S/C28H34N2O3/c1-18-16-20(17-19(2)25(18)32)26-28(21-8-4-3-5-9-21,27(33)29-22-10-6-7-11-22)15-14-24(31)30(26)23-12-13-23/h3-5,8-9,16-17,22-23,26,32H,6-7,10-15H2,1-2H3,(H,29,33). The second-order valence-electron chi connectivity index (χ2n) is 10.2. The first-order valence-corrected chi connectivity index (χ1v) is 12.4. The summed E-state index contributed by atoms with van der Waals surface area (Å²) in [5.41, 5.74) is 2.59. The molecule has 5 heteroatoms. The topological polar surface area (TPSA) is 69.6 Å². The molecule has 5 nitrogen and oxygen atoms in total. The SMILES string of the molecule is Cc1cc(C2N(C3CC3)C(=O)CCC2(C(=O)NC2CCCC2)c2ccccc2)cc(C)c1O. The Morgan fingerprint density at radius 2 is 1.67 bits per heavy atom. The van der Waals surface area contributed by atoms with Gasteiger partial charge in [-0.25, -0.2) is 0 Å². The first-order valence-electron chi connectivity index (χ1n) is 12.4. The third kappa shape index (κ3) is 3.81. The lowest BCUT2D eigenvalue weighted by molar-refractivity contribution is -0.147. The lowest BCUT2D eigenvalue weighted by Crippen LogP contribution is -2.59. The molecule has 0 aromatic heterocycles. The van der Waals surface area contributed by atoms with Gasteiger partial charge in [0, 0.05) is 18.5 Å². The molecular formula is C28H34N2O3. The maximum absolute atomic E-state index is 14.3. The van der Waals surface area contributed by atoms with Gasteiger partial charge in [-0.2, -0.15) is 0 Å². The highest BCUT2D eigenvalue weighted by Gasteiger charge is 2.57. The summed E-state index contributed by atoms with van der Waals surface area (Å²) in [5, 5.41) is 13.9. The van der Waals surface area contributed by atoms with Crippen molar-refractivity contribution in [2.45, 2.75) is 88.8 Å².